The number of phenols is 1. The molecule has 0 spiro atoms. The molecule has 0 saturated heterocycles. The Hall–Kier alpha value is -7.92. The van der Waals surface area contributed by atoms with E-state index in [1.807, 2.05) is 102 Å². The van der Waals surface area contributed by atoms with E-state index >= 15 is 14.4 Å². The van der Waals surface area contributed by atoms with Crippen LogP contribution in [0.15, 0.2) is 133 Å². The molecule has 5 atom stereocenters. The molecule has 0 aromatic heterocycles. The predicted octanol–water partition coefficient (Wildman–Crippen LogP) is 13.5. The van der Waals surface area contributed by atoms with E-state index in [2.05, 4.69) is 26.6 Å². The number of likely N-dealkylation sites (N-methyl/N-ethyl adjacent to an activating group) is 1. The SMILES string of the molecule is CNC(=O)[C@H]1NC(=O)[C@@H](c2ccc(OC)cc2)NC(=O)[C@H](NC(=O)[C@@H](NC(=O)OCc2ccccc2)c2cc(OC)c(C)c(OCc3ccccc3)c2)c2cc(O)c(OC)c(c2)Oc2ccc(cc2)[C@H]1O[Si](C)(C)C(C)(C)C.F[P-](F)(F)(F)(F)F.[CH]1[CH][CH][CH][CH]1.[Ru+2]. The number of amides is 5. The quantitative estimate of drug-likeness (QED) is 0.0301. The molecule has 6 aromatic carbocycles. The van der Waals surface area contributed by atoms with Crippen LogP contribution >= 0.6 is 7.81 Å². The van der Waals surface area contributed by atoms with Crippen LogP contribution in [0.3, 0.4) is 0 Å². The number of ether oxygens (including phenoxy) is 6. The summed E-state index contributed by atoms with van der Waals surface area (Å²) in [5, 5.41) is 25.2. The summed E-state index contributed by atoms with van der Waals surface area (Å²) in [6.45, 7) is 12.0. The van der Waals surface area contributed by atoms with Crippen molar-refractivity contribution in [3.63, 3.8) is 0 Å². The van der Waals surface area contributed by atoms with Crippen LogP contribution in [0.25, 0.3) is 0 Å². The zero-order valence-electron chi connectivity index (χ0n) is 51.3. The number of carbonyl (C=O) groups excluding carboxylic acids is 5. The van der Waals surface area contributed by atoms with Crippen molar-refractivity contribution in [3.05, 3.63) is 205 Å². The summed E-state index contributed by atoms with van der Waals surface area (Å²) in [5.74, 6) is -2.67. The van der Waals surface area contributed by atoms with Crippen LogP contribution in [0.5, 0.6) is 40.2 Å². The normalized spacial score (nSPS) is 17.7. The Morgan fingerprint density at radius 1 is 0.692 bits per heavy atom. The van der Waals surface area contributed by atoms with Crippen molar-refractivity contribution in [3.8, 4) is 40.2 Å². The van der Waals surface area contributed by atoms with Crippen LogP contribution in [0.1, 0.15) is 83.9 Å². The number of methoxy groups -OCH3 is 3. The fourth-order valence-corrected chi connectivity index (χ4v) is 9.96. The fraction of sp³-hybridized carbons (Fsp3) is 0.281. The first kappa shape index (κ1) is 73.8. The molecule has 2 aliphatic heterocycles. The topological polar surface area (TPSA) is 230 Å². The van der Waals surface area contributed by atoms with E-state index in [4.69, 9.17) is 32.8 Å². The molecule has 6 aromatic rings. The van der Waals surface area contributed by atoms with Gasteiger partial charge in [0.15, 0.2) is 19.8 Å². The maximum Gasteiger partial charge on any atom is 2.00 e. The molecule has 1 saturated carbocycles. The number of rotatable bonds is 16. The molecule has 3 aliphatic rings. The third-order valence-electron chi connectivity index (χ3n) is 14.4. The Balaban J connectivity index is 0.00000104. The van der Waals surface area contributed by atoms with Gasteiger partial charge < -0.3 is 64.5 Å². The van der Waals surface area contributed by atoms with E-state index in [9.17, 15) is 39.9 Å². The molecule has 27 heteroatoms. The van der Waals surface area contributed by atoms with Gasteiger partial charge in [0, 0.05) is 12.6 Å². The molecule has 91 heavy (non-hydrogen) atoms. The second-order valence-electron chi connectivity index (χ2n) is 22.0. The van der Waals surface area contributed by atoms with Gasteiger partial charge in [-0.2, -0.15) is 0 Å². The Kier molecular flexibility index (Phi) is 25.1. The Bertz CT molecular complexity index is 3430. The summed E-state index contributed by atoms with van der Waals surface area (Å²) in [7, 11) is -7.70. The first-order valence-electron chi connectivity index (χ1n) is 27.9. The van der Waals surface area contributed by atoms with E-state index in [-0.39, 0.29) is 71.7 Å². The van der Waals surface area contributed by atoms with Gasteiger partial charge in [0.2, 0.25) is 29.4 Å². The zero-order valence-corrected chi connectivity index (χ0v) is 54.9. The van der Waals surface area contributed by atoms with Crippen molar-refractivity contribution >= 4 is 45.8 Å². The summed E-state index contributed by atoms with van der Waals surface area (Å²) < 4.78 is 101. The molecule has 4 bridgehead atoms. The molecular weight excluding hydrogens is 1320 g/mol. The number of alkyl carbamates (subject to hydrolysis) is 1. The van der Waals surface area contributed by atoms with Gasteiger partial charge in [-0.25, -0.2) is 4.79 Å². The Morgan fingerprint density at radius 3 is 1.75 bits per heavy atom. The molecule has 6 N–H and O–H groups in total. The number of hydrogen-bond donors (Lipinski definition) is 6. The second-order valence-corrected chi connectivity index (χ2v) is 28.7. The van der Waals surface area contributed by atoms with Crippen LogP contribution in [0.4, 0.5) is 30.0 Å². The fourth-order valence-electron chi connectivity index (χ4n) is 8.70. The van der Waals surface area contributed by atoms with Gasteiger partial charge in [-0.3, -0.25) is 19.2 Å². The summed E-state index contributed by atoms with van der Waals surface area (Å²) in [6.07, 6.45) is 7.95. The molecule has 5 amide bonds. The monoisotopic (exact) mass is 1390 g/mol. The van der Waals surface area contributed by atoms with Gasteiger partial charge >= 0.3 is 58.6 Å². The average Bonchev–Trinajstić information content (AvgIpc) is 2.24. The van der Waals surface area contributed by atoms with Crippen molar-refractivity contribution in [2.45, 2.75) is 89.3 Å². The molecule has 489 valence electrons. The Labute approximate surface area is 538 Å². The molecule has 9 rings (SSSR count). The van der Waals surface area contributed by atoms with E-state index in [0.717, 1.165) is 5.56 Å². The van der Waals surface area contributed by atoms with Crippen LogP contribution in [0.2, 0.25) is 18.1 Å². The number of hydrogen-bond acceptors (Lipinski definition) is 13. The smallest absolute Gasteiger partial charge is 0.0312 e. The average molecular weight is 1390 g/mol. The largest absolute Gasteiger partial charge is 2.00 e. The van der Waals surface area contributed by atoms with Gasteiger partial charge in [0.05, 0.1) is 27.4 Å². The Morgan fingerprint density at radius 2 is 1.23 bits per heavy atom. The number of fused-ring (bicyclic) bond motifs is 9. The first-order chi connectivity index (χ1) is 42.2. The maximum absolute atomic E-state index is 15.4. The van der Waals surface area contributed by atoms with Crippen LogP contribution in [-0.4, -0.2) is 77.6 Å². The number of halogens is 6. The molecule has 5 radical (unpaired) electrons. The second kappa shape index (κ2) is 30.9. The molecule has 1 aliphatic carbocycles. The first-order valence-corrected chi connectivity index (χ1v) is 32.8. The number of aromatic hydroxyl groups is 1. The zero-order chi connectivity index (χ0) is 66.3. The van der Waals surface area contributed by atoms with Crippen molar-refractivity contribution in [1.82, 2.24) is 26.6 Å². The molecule has 1 fully saturated rings. The third kappa shape index (κ3) is 22.5. The number of phenolic OH excluding ortho intramolecular Hbond substituents is 1. The maximum atomic E-state index is 15.4. The molecule has 0 unspecified atom stereocenters. The minimum absolute atomic E-state index is 0. The van der Waals surface area contributed by atoms with Crippen molar-refractivity contribution < 1.29 is 107 Å². The van der Waals surface area contributed by atoms with E-state index < -0.39 is 81.9 Å². The molecule has 2 heterocycles. The minimum atomic E-state index is -10.7. The van der Waals surface area contributed by atoms with Crippen LogP contribution in [0, 0.1) is 39.0 Å². The van der Waals surface area contributed by atoms with Gasteiger partial charge in [0.25, 0.3) is 0 Å². The number of benzene rings is 6. The van der Waals surface area contributed by atoms with Gasteiger partial charge in [-0.15, -0.1) is 0 Å². The van der Waals surface area contributed by atoms with E-state index in [0.29, 0.717) is 33.9 Å². The van der Waals surface area contributed by atoms with Crippen molar-refractivity contribution in [1.29, 1.82) is 0 Å². The summed E-state index contributed by atoms with van der Waals surface area (Å²) >= 11 is 0. The van der Waals surface area contributed by atoms with Gasteiger partial charge in [0.1, 0.15) is 60.4 Å². The summed E-state index contributed by atoms with van der Waals surface area (Å²) in [6, 6.07) is 30.8. The van der Waals surface area contributed by atoms with Crippen LogP contribution in [-0.2, 0) is 61.0 Å². The van der Waals surface area contributed by atoms with Crippen molar-refractivity contribution in [2.24, 2.45) is 0 Å². The standard InChI is InChI=1S/C59H67N5O13Si.C5H5.F6P.Ru/c1-35-45(72-7)30-41(31-46(35)74-33-36-17-13-11-14-18-36)50(64-58(70)75-34-37-19-15-12-16-20-37)57(69)62-49-40-29-44(65)53(73-8)47(32-40)76-43-27-23-39(24-28-43)52(77-78(9,10)59(2,3)4)51(54(66)60-5)63-55(67)48(61-56(49)68)38-21-25-42(71-6)26-22-38;1-2-4-5-3-1;1-7(2,3,4,5)6;/h11-32,48-52,65H,33-34H2,1-10H3,(H,60,66)(H,61,68)(H,62,69)(H,63,67)(H,64,70);1-5H;;/q;;-1;+2/t48-,49-,50+,51+,52-;;;/m1.../s1. The number of nitrogens with one attached hydrogen (secondary N) is 5. The summed E-state index contributed by atoms with van der Waals surface area (Å²) in [4.78, 5) is 74.0. The predicted molar refractivity (Wildman–Crippen MR) is 329 cm³/mol. The third-order valence-corrected chi connectivity index (χ3v) is 18.8. The molecular formula is C64H72F6N5O13PRuSi+. The van der Waals surface area contributed by atoms with E-state index in [1.54, 1.807) is 91.9 Å². The molecule has 18 nitrogen and oxygen atoms in total. The minimum Gasteiger partial charge on any atom is -0.0312 e. The van der Waals surface area contributed by atoms with Crippen molar-refractivity contribution in [2.75, 3.05) is 28.4 Å². The number of carbonyl (C=O) groups is 5. The summed E-state index contributed by atoms with van der Waals surface area (Å²) in [5.41, 5.74) is 3.03. The van der Waals surface area contributed by atoms with Gasteiger partial charge in [-0.1, -0.05) is 106 Å². The van der Waals surface area contributed by atoms with Gasteiger partial charge in [-0.05, 0) is 139 Å². The van der Waals surface area contributed by atoms with E-state index in [1.165, 1.54) is 40.5 Å². The van der Waals surface area contributed by atoms with Crippen LogP contribution < -0.4 is 50.3 Å².